The summed E-state index contributed by atoms with van der Waals surface area (Å²) in [5.74, 6) is -0.816. The van der Waals surface area contributed by atoms with Crippen molar-refractivity contribution in [1.82, 2.24) is 0 Å². The minimum Gasteiger partial charge on any atom is -0.399 e. The molecule has 0 saturated carbocycles. The van der Waals surface area contributed by atoms with Gasteiger partial charge in [-0.2, -0.15) is 0 Å². The lowest BCUT2D eigenvalue weighted by Gasteiger charge is -2.13. The summed E-state index contributed by atoms with van der Waals surface area (Å²) >= 11 is 5.82. The fraction of sp³-hybridized carbons (Fsp3) is 0.143. The maximum atomic E-state index is 14.0. The summed E-state index contributed by atoms with van der Waals surface area (Å²) in [4.78, 5) is -0.477. The van der Waals surface area contributed by atoms with Crippen LogP contribution < -0.4 is 10.5 Å². The lowest BCUT2D eigenvalue weighted by molar-refractivity contribution is 0.565. The molecule has 2 aromatic rings. The molecule has 3 N–H and O–H groups in total. The molecule has 0 aliphatic rings. The van der Waals surface area contributed by atoms with E-state index in [1.165, 1.54) is 19.1 Å². The van der Waals surface area contributed by atoms with Crippen LogP contribution in [0, 0.1) is 19.7 Å². The van der Waals surface area contributed by atoms with E-state index in [0.29, 0.717) is 16.3 Å². The Labute approximate surface area is 127 Å². The molecule has 0 aromatic heterocycles. The van der Waals surface area contributed by atoms with Crippen LogP contribution in [0.1, 0.15) is 11.1 Å². The van der Waals surface area contributed by atoms with Crippen molar-refractivity contribution >= 4 is 33.0 Å². The molecule has 0 fully saturated rings. The van der Waals surface area contributed by atoms with Gasteiger partial charge in [0, 0.05) is 10.7 Å². The van der Waals surface area contributed by atoms with Crippen molar-refractivity contribution in [3.8, 4) is 0 Å². The first kappa shape index (κ1) is 15.6. The zero-order chi connectivity index (χ0) is 15.8. The standard InChI is InChI=1S/C14H14ClFN2O2S/c1-8-5-10(15)3-4-12(8)18-21(19,20)13-7-11(17)6-9(2)14(13)16/h3-7,18H,17H2,1-2H3. The summed E-state index contributed by atoms with van der Waals surface area (Å²) in [5.41, 5.74) is 6.91. The van der Waals surface area contributed by atoms with Gasteiger partial charge in [0.05, 0.1) is 5.69 Å². The van der Waals surface area contributed by atoms with Gasteiger partial charge in [-0.3, -0.25) is 4.72 Å². The van der Waals surface area contributed by atoms with Gasteiger partial charge in [0.1, 0.15) is 10.7 Å². The Morgan fingerprint density at radius 2 is 1.81 bits per heavy atom. The van der Waals surface area contributed by atoms with E-state index in [2.05, 4.69) is 4.72 Å². The first-order chi connectivity index (χ1) is 9.70. The van der Waals surface area contributed by atoms with Crippen LogP contribution in [0.15, 0.2) is 35.2 Å². The number of nitrogens with one attached hydrogen (secondary N) is 1. The van der Waals surface area contributed by atoms with Crippen LogP contribution in [0.4, 0.5) is 15.8 Å². The largest absolute Gasteiger partial charge is 0.399 e. The number of nitrogens with two attached hydrogens (primary N) is 1. The maximum Gasteiger partial charge on any atom is 0.264 e. The highest BCUT2D eigenvalue weighted by atomic mass is 35.5. The van der Waals surface area contributed by atoms with Crippen LogP contribution in [-0.4, -0.2) is 8.42 Å². The molecule has 0 aliphatic heterocycles. The molecule has 7 heteroatoms. The van der Waals surface area contributed by atoms with Crippen molar-refractivity contribution in [2.24, 2.45) is 0 Å². The Morgan fingerprint density at radius 3 is 2.43 bits per heavy atom. The SMILES string of the molecule is Cc1cc(Cl)ccc1NS(=O)(=O)c1cc(N)cc(C)c1F. The lowest BCUT2D eigenvalue weighted by Crippen LogP contribution is -2.16. The van der Waals surface area contributed by atoms with Crippen LogP contribution in [0.2, 0.25) is 5.02 Å². The van der Waals surface area contributed by atoms with E-state index in [0.717, 1.165) is 6.07 Å². The molecule has 0 heterocycles. The Hall–Kier alpha value is -1.79. The number of sulfonamides is 1. The highest BCUT2D eigenvalue weighted by molar-refractivity contribution is 7.92. The Balaban J connectivity index is 2.48. The smallest absolute Gasteiger partial charge is 0.264 e. The topological polar surface area (TPSA) is 72.2 Å². The molecule has 0 bridgehead atoms. The minimum atomic E-state index is -4.07. The van der Waals surface area contributed by atoms with Gasteiger partial charge in [-0.05, 0) is 55.3 Å². The number of nitrogen functional groups attached to an aromatic ring is 1. The normalized spacial score (nSPS) is 11.4. The summed E-state index contributed by atoms with van der Waals surface area (Å²) < 4.78 is 41.0. The maximum absolute atomic E-state index is 14.0. The van der Waals surface area contributed by atoms with Crippen molar-refractivity contribution in [2.45, 2.75) is 18.7 Å². The summed E-state index contributed by atoms with van der Waals surface area (Å²) in [7, 11) is -4.07. The molecule has 0 saturated heterocycles. The van der Waals surface area contributed by atoms with Gasteiger partial charge in [-0.15, -0.1) is 0 Å². The monoisotopic (exact) mass is 328 g/mol. The summed E-state index contributed by atoms with van der Waals surface area (Å²) in [5, 5.41) is 0.487. The Bertz CT molecular complexity index is 807. The average Bonchev–Trinajstić information content (AvgIpc) is 2.37. The highest BCUT2D eigenvalue weighted by Gasteiger charge is 2.22. The van der Waals surface area contributed by atoms with E-state index >= 15 is 0 Å². The summed E-state index contributed by atoms with van der Waals surface area (Å²) in [6.45, 7) is 3.16. The third kappa shape index (κ3) is 3.28. The second kappa shape index (κ2) is 5.54. The quantitative estimate of drug-likeness (QED) is 0.847. The van der Waals surface area contributed by atoms with E-state index < -0.39 is 20.7 Å². The first-order valence-corrected chi connectivity index (χ1v) is 7.91. The van der Waals surface area contributed by atoms with Crippen molar-refractivity contribution < 1.29 is 12.8 Å². The van der Waals surface area contributed by atoms with Gasteiger partial charge in [-0.1, -0.05) is 11.6 Å². The number of rotatable bonds is 3. The molecule has 21 heavy (non-hydrogen) atoms. The number of anilines is 2. The van der Waals surface area contributed by atoms with Crippen LogP contribution in [0.3, 0.4) is 0 Å². The van der Waals surface area contributed by atoms with Crippen molar-refractivity contribution in [2.75, 3.05) is 10.5 Å². The minimum absolute atomic E-state index is 0.170. The fourth-order valence-corrected chi connectivity index (χ4v) is 3.44. The van der Waals surface area contributed by atoms with Gasteiger partial charge < -0.3 is 5.73 Å². The molecule has 2 aromatic carbocycles. The average molecular weight is 329 g/mol. The number of hydrogen-bond acceptors (Lipinski definition) is 3. The molecule has 0 unspecified atom stereocenters. The predicted octanol–water partition coefficient (Wildman–Crippen LogP) is 3.48. The molecule has 0 atom stereocenters. The van der Waals surface area contributed by atoms with Crippen molar-refractivity contribution in [3.63, 3.8) is 0 Å². The van der Waals surface area contributed by atoms with Crippen LogP contribution in [0.5, 0.6) is 0 Å². The second-order valence-electron chi connectivity index (χ2n) is 4.71. The molecule has 112 valence electrons. The Kier molecular flexibility index (Phi) is 4.11. The molecule has 0 aliphatic carbocycles. The zero-order valence-electron chi connectivity index (χ0n) is 11.4. The molecular formula is C14H14ClFN2O2S. The molecule has 0 spiro atoms. The van der Waals surface area contributed by atoms with Gasteiger partial charge in [0.2, 0.25) is 0 Å². The van der Waals surface area contributed by atoms with E-state index in [-0.39, 0.29) is 11.3 Å². The van der Waals surface area contributed by atoms with Gasteiger partial charge >= 0.3 is 0 Å². The molecule has 0 radical (unpaired) electrons. The highest BCUT2D eigenvalue weighted by Crippen LogP contribution is 2.26. The second-order valence-corrected chi connectivity index (χ2v) is 6.80. The first-order valence-electron chi connectivity index (χ1n) is 6.05. The predicted molar refractivity (Wildman–Crippen MR) is 82.5 cm³/mol. The van der Waals surface area contributed by atoms with E-state index in [4.69, 9.17) is 17.3 Å². The van der Waals surface area contributed by atoms with Gasteiger partial charge in [0.15, 0.2) is 0 Å². The third-order valence-electron chi connectivity index (χ3n) is 2.97. The van der Waals surface area contributed by atoms with Crippen LogP contribution in [-0.2, 0) is 10.0 Å². The number of aryl methyl sites for hydroxylation is 2. The molecule has 4 nitrogen and oxygen atoms in total. The lowest BCUT2D eigenvalue weighted by atomic mass is 10.2. The summed E-state index contributed by atoms with van der Waals surface area (Å²) in [6.07, 6.45) is 0. The van der Waals surface area contributed by atoms with E-state index in [1.807, 2.05) is 0 Å². The van der Waals surface area contributed by atoms with Crippen LogP contribution in [0.25, 0.3) is 0 Å². The summed E-state index contributed by atoms with van der Waals surface area (Å²) in [6, 6.07) is 7.15. The number of benzene rings is 2. The third-order valence-corrected chi connectivity index (χ3v) is 4.57. The Morgan fingerprint density at radius 1 is 1.14 bits per heavy atom. The molecule has 0 amide bonds. The zero-order valence-corrected chi connectivity index (χ0v) is 13.0. The number of hydrogen-bond donors (Lipinski definition) is 2. The van der Waals surface area contributed by atoms with E-state index in [1.54, 1.807) is 19.1 Å². The van der Waals surface area contributed by atoms with E-state index in [9.17, 15) is 12.8 Å². The molecular weight excluding hydrogens is 315 g/mol. The number of halogens is 2. The molecule has 2 rings (SSSR count). The van der Waals surface area contributed by atoms with Crippen LogP contribution >= 0.6 is 11.6 Å². The fourth-order valence-electron chi connectivity index (χ4n) is 1.90. The van der Waals surface area contributed by atoms with Crippen molar-refractivity contribution in [1.29, 1.82) is 0 Å². The van der Waals surface area contributed by atoms with Gasteiger partial charge in [0.25, 0.3) is 10.0 Å². The van der Waals surface area contributed by atoms with Gasteiger partial charge in [-0.25, -0.2) is 12.8 Å². The van der Waals surface area contributed by atoms with Crippen molar-refractivity contribution in [3.05, 3.63) is 52.3 Å².